The molecule has 0 saturated heterocycles. The second-order valence-corrected chi connectivity index (χ2v) is 9.01. The molecule has 1 aromatic carbocycles. The second-order valence-electron chi connectivity index (χ2n) is 9.01. The quantitative estimate of drug-likeness (QED) is 0.506. The summed E-state index contributed by atoms with van der Waals surface area (Å²) in [5, 5.41) is 13.2. The number of carbonyl (C=O) groups excluding carboxylic acids is 2. The fourth-order valence-corrected chi connectivity index (χ4v) is 2.99. The van der Waals surface area contributed by atoms with Gasteiger partial charge in [0, 0.05) is 18.1 Å². The lowest BCUT2D eigenvalue weighted by Crippen LogP contribution is -2.30. The third-order valence-corrected chi connectivity index (χ3v) is 6.00. The van der Waals surface area contributed by atoms with Crippen LogP contribution in [0.3, 0.4) is 0 Å². The lowest BCUT2D eigenvalue weighted by molar-refractivity contribution is -0.305. The highest BCUT2D eigenvalue weighted by Gasteiger charge is 2.26. The van der Waals surface area contributed by atoms with E-state index in [9.17, 15) is 14.7 Å². The van der Waals surface area contributed by atoms with Crippen LogP contribution in [0.2, 0.25) is 0 Å². The zero-order valence-corrected chi connectivity index (χ0v) is 19.0. The lowest BCUT2D eigenvalue weighted by atomic mass is 9.76. The van der Waals surface area contributed by atoms with Gasteiger partial charge in [-0.25, -0.2) is 0 Å². The maximum Gasteiger partial charge on any atom is 0.257 e. The molecule has 5 nitrogen and oxygen atoms in total. The van der Waals surface area contributed by atoms with E-state index in [2.05, 4.69) is 59.0 Å². The van der Waals surface area contributed by atoms with Crippen molar-refractivity contribution < 1.29 is 19.4 Å². The van der Waals surface area contributed by atoms with Crippen molar-refractivity contribution in [2.45, 2.75) is 90.9 Å². The van der Waals surface area contributed by atoms with E-state index >= 15 is 0 Å². The van der Waals surface area contributed by atoms with Crippen molar-refractivity contribution in [1.82, 2.24) is 5.32 Å². The van der Waals surface area contributed by atoms with Crippen LogP contribution in [-0.4, -0.2) is 25.0 Å². The highest BCUT2D eigenvalue weighted by Crippen LogP contribution is 2.38. The molecule has 1 aromatic rings. The number of nitrogens with one attached hydrogen (secondary N) is 1. The normalized spacial score (nSPS) is 11.9. The van der Waals surface area contributed by atoms with E-state index in [-0.39, 0.29) is 29.8 Å². The molecule has 0 aliphatic carbocycles. The van der Waals surface area contributed by atoms with Gasteiger partial charge < -0.3 is 20.0 Å². The first kappa shape index (κ1) is 25.0. The third-order valence-electron chi connectivity index (χ3n) is 6.00. The predicted molar refractivity (Wildman–Crippen MR) is 115 cm³/mol. The van der Waals surface area contributed by atoms with Gasteiger partial charge in [0.05, 0.1) is 0 Å². The van der Waals surface area contributed by atoms with Gasteiger partial charge in [-0.15, -0.1) is 0 Å². The Balaban J connectivity index is 2.71. The molecule has 1 rings (SSSR count). The van der Waals surface area contributed by atoms with Gasteiger partial charge in [0.25, 0.3) is 5.91 Å². The number of carbonyl (C=O) groups is 2. The largest absolute Gasteiger partial charge is 0.550 e. The van der Waals surface area contributed by atoms with Crippen molar-refractivity contribution in [3.63, 3.8) is 0 Å². The number of rotatable bonds is 13. The summed E-state index contributed by atoms with van der Waals surface area (Å²) in [6.07, 6.45) is 4.15. The van der Waals surface area contributed by atoms with E-state index in [1.54, 1.807) is 0 Å². The van der Waals surface area contributed by atoms with Crippen LogP contribution in [-0.2, 0) is 20.4 Å². The summed E-state index contributed by atoms with van der Waals surface area (Å²) in [6, 6.07) is 6.33. The Kier molecular flexibility index (Phi) is 9.67. The average Bonchev–Trinajstić information content (AvgIpc) is 2.68. The Hall–Kier alpha value is -2.04. The number of amides is 1. The van der Waals surface area contributed by atoms with Gasteiger partial charge in [-0.2, -0.15) is 0 Å². The molecule has 5 heteroatoms. The first-order valence-corrected chi connectivity index (χ1v) is 10.8. The first-order chi connectivity index (χ1) is 13.5. The standard InChI is InChI=1S/C24H39NO4/c1-7-23(3,4)18-13-14-20(19(16-18)24(5,6)8-2)29-17-21(26)25-15-11-9-10-12-22(27)28/h13-14,16H,7-12,15,17H2,1-6H3,(H,25,26)(H,27,28)/p-1. The average molecular weight is 405 g/mol. The van der Waals surface area contributed by atoms with E-state index in [1.807, 2.05) is 6.07 Å². The van der Waals surface area contributed by atoms with Crippen molar-refractivity contribution in [3.05, 3.63) is 29.3 Å². The van der Waals surface area contributed by atoms with E-state index in [0.29, 0.717) is 13.0 Å². The Morgan fingerprint density at radius 2 is 1.66 bits per heavy atom. The summed E-state index contributed by atoms with van der Waals surface area (Å²) in [4.78, 5) is 22.5. The Morgan fingerprint density at radius 1 is 1.00 bits per heavy atom. The lowest BCUT2D eigenvalue weighted by Gasteiger charge is -2.30. The molecule has 0 radical (unpaired) electrons. The number of ether oxygens (including phenoxy) is 1. The van der Waals surface area contributed by atoms with Gasteiger partial charge in [-0.05, 0) is 54.6 Å². The summed E-state index contributed by atoms with van der Waals surface area (Å²) in [7, 11) is 0. The number of aliphatic carboxylic acids is 1. The molecular formula is C24H38NO4-. The molecule has 0 aromatic heterocycles. The highest BCUT2D eigenvalue weighted by molar-refractivity contribution is 5.77. The molecule has 0 atom stereocenters. The molecule has 1 amide bonds. The van der Waals surface area contributed by atoms with Gasteiger partial charge >= 0.3 is 0 Å². The maximum absolute atomic E-state index is 12.1. The van der Waals surface area contributed by atoms with Crippen LogP contribution in [0.25, 0.3) is 0 Å². The minimum absolute atomic E-state index is 0.0254. The van der Waals surface area contributed by atoms with Gasteiger partial charge in [0.1, 0.15) is 5.75 Å². The maximum atomic E-state index is 12.1. The van der Waals surface area contributed by atoms with E-state index in [4.69, 9.17) is 4.74 Å². The zero-order chi connectivity index (χ0) is 22.1. The van der Waals surface area contributed by atoms with Crippen LogP contribution in [0.15, 0.2) is 18.2 Å². The molecule has 0 aliphatic heterocycles. The van der Waals surface area contributed by atoms with Gasteiger partial charge in [0.2, 0.25) is 0 Å². The number of hydrogen-bond acceptors (Lipinski definition) is 4. The van der Waals surface area contributed by atoms with Crippen molar-refractivity contribution in [2.24, 2.45) is 0 Å². The molecule has 0 fully saturated rings. The van der Waals surface area contributed by atoms with Crippen LogP contribution in [0, 0.1) is 0 Å². The summed E-state index contributed by atoms with van der Waals surface area (Å²) in [6.45, 7) is 13.7. The van der Waals surface area contributed by atoms with E-state index in [1.165, 1.54) is 5.56 Å². The van der Waals surface area contributed by atoms with Crippen LogP contribution >= 0.6 is 0 Å². The topological polar surface area (TPSA) is 78.5 Å². The number of hydrogen-bond donors (Lipinski definition) is 1. The molecule has 0 spiro atoms. The molecular weight excluding hydrogens is 366 g/mol. The number of carboxylic acids is 1. The number of unbranched alkanes of at least 4 members (excludes halogenated alkanes) is 2. The molecule has 0 unspecified atom stereocenters. The molecule has 164 valence electrons. The summed E-state index contributed by atoms with van der Waals surface area (Å²) >= 11 is 0. The molecule has 0 aliphatic rings. The van der Waals surface area contributed by atoms with Gasteiger partial charge in [-0.3, -0.25) is 4.79 Å². The molecule has 29 heavy (non-hydrogen) atoms. The SMILES string of the molecule is CCC(C)(C)c1ccc(OCC(=O)NCCCCCC(=O)[O-])c(C(C)(C)CC)c1. The highest BCUT2D eigenvalue weighted by atomic mass is 16.5. The van der Waals surface area contributed by atoms with Crippen molar-refractivity contribution >= 4 is 11.9 Å². The number of benzene rings is 1. The minimum atomic E-state index is -1.03. The monoisotopic (exact) mass is 404 g/mol. The smallest absolute Gasteiger partial charge is 0.257 e. The number of carboxylic acid groups (broad SMARTS) is 1. The molecule has 1 N–H and O–H groups in total. The molecule has 0 heterocycles. The van der Waals surface area contributed by atoms with Gasteiger partial charge in [0.15, 0.2) is 6.61 Å². The van der Waals surface area contributed by atoms with Crippen molar-refractivity contribution in [1.29, 1.82) is 0 Å². The van der Waals surface area contributed by atoms with Crippen LogP contribution in [0.5, 0.6) is 5.75 Å². The van der Waals surface area contributed by atoms with Crippen LogP contribution < -0.4 is 15.2 Å². The van der Waals surface area contributed by atoms with Crippen LogP contribution in [0.1, 0.15) is 91.2 Å². The third kappa shape index (κ3) is 8.08. The van der Waals surface area contributed by atoms with Gasteiger partial charge in [-0.1, -0.05) is 60.1 Å². The Labute approximate surface area is 176 Å². The fraction of sp³-hybridized carbons (Fsp3) is 0.667. The fourth-order valence-electron chi connectivity index (χ4n) is 2.99. The zero-order valence-electron chi connectivity index (χ0n) is 19.0. The second kappa shape index (κ2) is 11.2. The summed E-state index contributed by atoms with van der Waals surface area (Å²) in [5.41, 5.74) is 2.45. The summed E-state index contributed by atoms with van der Waals surface area (Å²) in [5.74, 6) is -0.429. The summed E-state index contributed by atoms with van der Waals surface area (Å²) < 4.78 is 5.90. The first-order valence-electron chi connectivity index (χ1n) is 10.8. The van der Waals surface area contributed by atoms with E-state index < -0.39 is 5.97 Å². The van der Waals surface area contributed by atoms with Crippen molar-refractivity contribution in [3.8, 4) is 5.75 Å². The minimum Gasteiger partial charge on any atom is -0.550 e. The Bertz CT molecular complexity index is 679. The molecule has 0 bridgehead atoms. The van der Waals surface area contributed by atoms with Crippen LogP contribution in [0.4, 0.5) is 0 Å². The molecule has 0 saturated carbocycles. The van der Waals surface area contributed by atoms with Crippen molar-refractivity contribution in [2.75, 3.05) is 13.2 Å². The predicted octanol–water partition coefficient (Wildman–Crippen LogP) is 3.87. The van der Waals surface area contributed by atoms with E-state index in [0.717, 1.165) is 37.0 Å². The Morgan fingerprint density at radius 3 is 2.24 bits per heavy atom.